The lowest BCUT2D eigenvalue weighted by Crippen LogP contribution is -2.44. The first kappa shape index (κ1) is 14.5. The van der Waals surface area contributed by atoms with Crippen molar-refractivity contribution >= 4 is 5.69 Å². The van der Waals surface area contributed by atoms with E-state index in [9.17, 15) is 10.2 Å². The number of aliphatic hydroxyl groups excluding tert-OH is 2. The van der Waals surface area contributed by atoms with Crippen LogP contribution in [0.25, 0.3) is 0 Å². The first-order chi connectivity index (χ1) is 10.6. The molecule has 2 fully saturated rings. The highest BCUT2D eigenvalue weighted by Gasteiger charge is 2.54. The Hall–Kier alpha value is -1.06. The van der Waals surface area contributed by atoms with Gasteiger partial charge in [0.25, 0.3) is 0 Å². The third-order valence-corrected chi connectivity index (χ3v) is 7.17. The standard InChI is InChI=1S/C19H27NO2/c1-19-9-8-13-12-3-2-11(10-21)18(20)15(12)5-4-14(13)16(19)6-7-17(19)22/h2-3,13-14,16-17,21-22H,4-10,20H2,1H3. The number of nitrogen functional groups attached to an aromatic ring is 1. The van der Waals surface area contributed by atoms with Gasteiger partial charge in [-0.15, -0.1) is 0 Å². The Morgan fingerprint density at radius 1 is 1.23 bits per heavy atom. The molecule has 120 valence electrons. The monoisotopic (exact) mass is 301 g/mol. The molecular weight excluding hydrogens is 274 g/mol. The molecule has 0 aliphatic heterocycles. The summed E-state index contributed by atoms with van der Waals surface area (Å²) in [6.45, 7) is 2.34. The minimum absolute atomic E-state index is 0.0279. The molecule has 3 aliphatic rings. The quantitative estimate of drug-likeness (QED) is 0.699. The first-order valence-electron chi connectivity index (χ1n) is 8.75. The molecule has 1 aromatic carbocycles. The summed E-state index contributed by atoms with van der Waals surface area (Å²) in [6.07, 6.45) is 6.55. The Balaban J connectivity index is 1.72. The van der Waals surface area contributed by atoms with Gasteiger partial charge in [-0.05, 0) is 72.8 Å². The van der Waals surface area contributed by atoms with Gasteiger partial charge >= 0.3 is 0 Å². The molecule has 4 rings (SSSR count). The second-order valence-electron chi connectivity index (χ2n) is 7.92. The Labute approximate surface area is 132 Å². The summed E-state index contributed by atoms with van der Waals surface area (Å²) in [5, 5.41) is 19.9. The molecule has 0 radical (unpaired) electrons. The van der Waals surface area contributed by atoms with E-state index in [1.165, 1.54) is 30.4 Å². The molecule has 3 heteroatoms. The van der Waals surface area contributed by atoms with E-state index in [2.05, 4.69) is 13.0 Å². The van der Waals surface area contributed by atoms with E-state index in [0.29, 0.717) is 17.8 Å². The molecule has 0 heterocycles. The zero-order chi connectivity index (χ0) is 15.5. The van der Waals surface area contributed by atoms with Crippen LogP contribution in [-0.2, 0) is 13.0 Å². The molecule has 0 spiro atoms. The summed E-state index contributed by atoms with van der Waals surface area (Å²) >= 11 is 0. The van der Waals surface area contributed by atoms with Crippen molar-refractivity contribution in [1.82, 2.24) is 0 Å². The summed E-state index contributed by atoms with van der Waals surface area (Å²) in [5.74, 6) is 1.96. The Bertz CT molecular complexity index is 599. The average Bonchev–Trinajstić information content (AvgIpc) is 2.83. The molecule has 3 nitrogen and oxygen atoms in total. The largest absolute Gasteiger partial charge is 0.398 e. The highest BCUT2D eigenvalue weighted by molar-refractivity contribution is 5.59. The van der Waals surface area contributed by atoms with Crippen molar-refractivity contribution in [2.24, 2.45) is 17.3 Å². The third kappa shape index (κ3) is 1.82. The minimum atomic E-state index is -0.110. The van der Waals surface area contributed by atoms with Gasteiger partial charge in [-0.25, -0.2) is 0 Å². The van der Waals surface area contributed by atoms with Gasteiger partial charge in [0, 0.05) is 11.3 Å². The fraction of sp³-hybridized carbons (Fsp3) is 0.684. The summed E-state index contributed by atoms with van der Waals surface area (Å²) in [5.41, 5.74) is 10.8. The molecule has 0 saturated heterocycles. The molecule has 4 N–H and O–H groups in total. The lowest BCUT2D eigenvalue weighted by molar-refractivity contribution is -0.0225. The fourth-order valence-corrected chi connectivity index (χ4v) is 5.85. The lowest BCUT2D eigenvalue weighted by atomic mass is 9.55. The molecule has 5 unspecified atom stereocenters. The number of hydrogen-bond acceptors (Lipinski definition) is 3. The van der Waals surface area contributed by atoms with Crippen molar-refractivity contribution < 1.29 is 10.2 Å². The fourth-order valence-electron chi connectivity index (χ4n) is 5.85. The first-order valence-corrected chi connectivity index (χ1v) is 8.75. The lowest BCUT2D eigenvalue weighted by Gasteiger charge is -2.50. The zero-order valence-corrected chi connectivity index (χ0v) is 13.4. The van der Waals surface area contributed by atoms with Crippen molar-refractivity contribution in [3.8, 4) is 0 Å². The average molecular weight is 301 g/mol. The second kappa shape index (κ2) is 4.97. The van der Waals surface area contributed by atoms with Gasteiger partial charge in [0.2, 0.25) is 0 Å². The number of hydrogen-bond donors (Lipinski definition) is 3. The van der Waals surface area contributed by atoms with Crippen molar-refractivity contribution in [2.75, 3.05) is 5.73 Å². The van der Waals surface area contributed by atoms with Gasteiger partial charge in [0.15, 0.2) is 0 Å². The van der Waals surface area contributed by atoms with Crippen LogP contribution in [0.15, 0.2) is 12.1 Å². The van der Waals surface area contributed by atoms with Crippen LogP contribution in [0.4, 0.5) is 5.69 Å². The Kier molecular flexibility index (Phi) is 3.28. The molecule has 1 aromatic rings. The molecule has 0 bridgehead atoms. The van der Waals surface area contributed by atoms with Crippen LogP contribution in [0.2, 0.25) is 0 Å². The molecular formula is C19H27NO2. The molecule has 22 heavy (non-hydrogen) atoms. The highest BCUT2D eigenvalue weighted by atomic mass is 16.3. The number of benzene rings is 1. The molecule has 0 amide bonds. The SMILES string of the molecule is CC12CCC3c4ccc(CO)c(N)c4CCC3C1CCC2O. The number of rotatable bonds is 1. The van der Waals surface area contributed by atoms with Gasteiger partial charge in [0.1, 0.15) is 0 Å². The maximum absolute atomic E-state index is 10.4. The number of anilines is 1. The van der Waals surface area contributed by atoms with E-state index in [0.717, 1.165) is 30.5 Å². The van der Waals surface area contributed by atoms with Gasteiger partial charge in [-0.1, -0.05) is 19.1 Å². The van der Waals surface area contributed by atoms with Crippen LogP contribution < -0.4 is 5.73 Å². The van der Waals surface area contributed by atoms with E-state index in [-0.39, 0.29) is 18.1 Å². The molecule has 0 aromatic heterocycles. The third-order valence-electron chi connectivity index (χ3n) is 7.17. The maximum Gasteiger partial charge on any atom is 0.0702 e. The molecule has 2 saturated carbocycles. The Morgan fingerprint density at radius 2 is 2.05 bits per heavy atom. The van der Waals surface area contributed by atoms with Gasteiger partial charge in [-0.3, -0.25) is 0 Å². The Morgan fingerprint density at radius 3 is 2.82 bits per heavy atom. The van der Waals surface area contributed by atoms with Crippen molar-refractivity contribution in [2.45, 2.75) is 64.1 Å². The predicted octanol–water partition coefficient (Wildman–Crippen LogP) is 2.98. The summed E-state index contributed by atoms with van der Waals surface area (Å²) in [6, 6.07) is 4.22. The van der Waals surface area contributed by atoms with Crippen molar-refractivity contribution in [3.63, 3.8) is 0 Å². The number of aliphatic hydroxyl groups is 2. The van der Waals surface area contributed by atoms with Crippen LogP contribution in [0.1, 0.15) is 61.6 Å². The summed E-state index contributed by atoms with van der Waals surface area (Å²) < 4.78 is 0. The van der Waals surface area contributed by atoms with E-state index in [1.807, 2.05) is 6.07 Å². The van der Waals surface area contributed by atoms with Crippen LogP contribution in [0.3, 0.4) is 0 Å². The predicted molar refractivity (Wildman–Crippen MR) is 87.4 cm³/mol. The van der Waals surface area contributed by atoms with Gasteiger partial charge in [-0.2, -0.15) is 0 Å². The minimum Gasteiger partial charge on any atom is -0.398 e. The van der Waals surface area contributed by atoms with Gasteiger partial charge in [0.05, 0.1) is 12.7 Å². The van der Waals surface area contributed by atoms with E-state index in [4.69, 9.17) is 5.73 Å². The van der Waals surface area contributed by atoms with Crippen LogP contribution >= 0.6 is 0 Å². The van der Waals surface area contributed by atoms with E-state index in [1.54, 1.807) is 0 Å². The summed E-state index contributed by atoms with van der Waals surface area (Å²) in [4.78, 5) is 0. The van der Waals surface area contributed by atoms with Gasteiger partial charge < -0.3 is 15.9 Å². The van der Waals surface area contributed by atoms with Crippen molar-refractivity contribution in [3.05, 3.63) is 28.8 Å². The van der Waals surface area contributed by atoms with Crippen molar-refractivity contribution in [1.29, 1.82) is 0 Å². The number of nitrogens with two attached hydrogens (primary N) is 1. The normalized spacial score (nSPS) is 40.0. The number of fused-ring (bicyclic) bond motifs is 5. The van der Waals surface area contributed by atoms with E-state index < -0.39 is 0 Å². The molecule has 3 aliphatic carbocycles. The van der Waals surface area contributed by atoms with Crippen LogP contribution in [0.5, 0.6) is 0 Å². The van der Waals surface area contributed by atoms with E-state index >= 15 is 0 Å². The smallest absolute Gasteiger partial charge is 0.0702 e. The summed E-state index contributed by atoms with van der Waals surface area (Å²) in [7, 11) is 0. The second-order valence-corrected chi connectivity index (χ2v) is 7.92. The topological polar surface area (TPSA) is 66.5 Å². The van der Waals surface area contributed by atoms with Crippen LogP contribution in [-0.4, -0.2) is 16.3 Å². The zero-order valence-electron chi connectivity index (χ0n) is 13.4. The maximum atomic E-state index is 10.4. The highest BCUT2D eigenvalue weighted by Crippen LogP contribution is 2.61. The molecule has 5 atom stereocenters. The van der Waals surface area contributed by atoms with Crippen LogP contribution in [0, 0.1) is 17.3 Å².